The fraction of sp³-hybridized carbons (Fsp3) is 0.192. The molecule has 0 saturated heterocycles. The molecule has 3 aromatic carbocycles. The van der Waals surface area contributed by atoms with Crippen molar-refractivity contribution in [3.05, 3.63) is 106 Å². The number of carbonyl (C=O) groups excluding carboxylic acids is 1. The maximum atomic E-state index is 13.2. The SMILES string of the molecule is Cc1ccc(C(=O)N(CCc2nc(-c3ccc(C)c(Cl)c3)no2)Cc2ccccc2)cc1. The van der Waals surface area contributed by atoms with E-state index in [-0.39, 0.29) is 5.91 Å². The molecule has 1 aromatic heterocycles. The summed E-state index contributed by atoms with van der Waals surface area (Å²) in [4.78, 5) is 19.5. The van der Waals surface area contributed by atoms with Crippen LogP contribution in [0.1, 0.15) is 32.9 Å². The average Bonchev–Trinajstić information content (AvgIpc) is 3.28. The highest BCUT2D eigenvalue weighted by molar-refractivity contribution is 6.31. The van der Waals surface area contributed by atoms with Crippen LogP contribution in [0.25, 0.3) is 11.4 Å². The highest BCUT2D eigenvalue weighted by Crippen LogP contribution is 2.23. The summed E-state index contributed by atoms with van der Waals surface area (Å²) in [5.41, 5.74) is 4.63. The first-order valence-corrected chi connectivity index (χ1v) is 10.9. The van der Waals surface area contributed by atoms with Gasteiger partial charge in [0.2, 0.25) is 11.7 Å². The number of rotatable bonds is 7. The molecular weight excluding hydrogens is 422 g/mol. The molecule has 0 spiro atoms. The summed E-state index contributed by atoms with van der Waals surface area (Å²) in [5.74, 6) is 0.937. The smallest absolute Gasteiger partial charge is 0.254 e. The van der Waals surface area contributed by atoms with Gasteiger partial charge in [0, 0.05) is 35.7 Å². The minimum absolute atomic E-state index is 0.0288. The number of hydrogen-bond donors (Lipinski definition) is 0. The number of carbonyl (C=O) groups is 1. The Morgan fingerprint density at radius 1 is 1.00 bits per heavy atom. The van der Waals surface area contributed by atoms with E-state index < -0.39 is 0 Å². The fourth-order valence-electron chi connectivity index (χ4n) is 3.37. The van der Waals surface area contributed by atoms with Crippen molar-refractivity contribution >= 4 is 17.5 Å². The highest BCUT2D eigenvalue weighted by atomic mass is 35.5. The van der Waals surface area contributed by atoms with Crippen molar-refractivity contribution < 1.29 is 9.32 Å². The van der Waals surface area contributed by atoms with Crippen LogP contribution < -0.4 is 0 Å². The van der Waals surface area contributed by atoms with Gasteiger partial charge in [-0.05, 0) is 43.2 Å². The number of aryl methyl sites for hydroxylation is 2. The molecule has 0 saturated carbocycles. The minimum atomic E-state index is -0.0288. The van der Waals surface area contributed by atoms with Gasteiger partial charge in [0.25, 0.3) is 5.91 Å². The van der Waals surface area contributed by atoms with Gasteiger partial charge in [-0.3, -0.25) is 4.79 Å². The number of nitrogens with zero attached hydrogens (tertiary/aromatic N) is 3. The van der Waals surface area contributed by atoms with E-state index in [1.165, 1.54) is 0 Å². The lowest BCUT2D eigenvalue weighted by atomic mass is 10.1. The monoisotopic (exact) mass is 445 g/mol. The zero-order valence-electron chi connectivity index (χ0n) is 18.1. The molecular formula is C26H24ClN3O2. The molecule has 0 aliphatic rings. The number of hydrogen-bond acceptors (Lipinski definition) is 4. The van der Waals surface area contributed by atoms with Gasteiger partial charge in [0.05, 0.1) is 0 Å². The van der Waals surface area contributed by atoms with E-state index in [4.69, 9.17) is 16.1 Å². The van der Waals surface area contributed by atoms with Crippen molar-refractivity contribution in [2.45, 2.75) is 26.8 Å². The Bertz CT molecular complexity index is 1200. The van der Waals surface area contributed by atoms with Crippen LogP contribution in [0.2, 0.25) is 5.02 Å². The Hall–Kier alpha value is -3.44. The maximum Gasteiger partial charge on any atom is 0.254 e. The molecule has 32 heavy (non-hydrogen) atoms. The lowest BCUT2D eigenvalue weighted by molar-refractivity contribution is 0.0741. The van der Waals surface area contributed by atoms with Crippen LogP contribution in [-0.2, 0) is 13.0 Å². The molecule has 4 rings (SSSR count). The Balaban J connectivity index is 1.51. The summed E-state index contributed by atoms with van der Waals surface area (Å²) in [7, 11) is 0. The number of amides is 1. The van der Waals surface area contributed by atoms with Gasteiger partial charge in [-0.2, -0.15) is 4.98 Å². The summed E-state index contributed by atoms with van der Waals surface area (Å²) in [6.07, 6.45) is 0.455. The first-order chi connectivity index (χ1) is 15.5. The first-order valence-electron chi connectivity index (χ1n) is 10.5. The first kappa shape index (κ1) is 21.8. The third-order valence-electron chi connectivity index (χ3n) is 5.30. The molecule has 1 heterocycles. The summed E-state index contributed by atoms with van der Waals surface area (Å²) in [6.45, 7) is 4.91. The summed E-state index contributed by atoms with van der Waals surface area (Å²) >= 11 is 6.22. The molecule has 162 valence electrons. The summed E-state index contributed by atoms with van der Waals surface area (Å²) < 4.78 is 5.45. The minimum Gasteiger partial charge on any atom is -0.339 e. The van der Waals surface area contributed by atoms with Crippen molar-refractivity contribution in [2.24, 2.45) is 0 Å². The van der Waals surface area contributed by atoms with E-state index >= 15 is 0 Å². The second-order valence-electron chi connectivity index (χ2n) is 7.80. The Morgan fingerprint density at radius 3 is 2.47 bits per heavy atom. The van der Waals surface area contributed by atoms with Gasteiger partial charge in [-0.15, -0.1) is 0 Å². The molecule has 1 amide bonds. The van der Waals surface area contributed by atoms with E-state index in [0.717, 1.165) is 22.3 Å². The number of aromatic nitrogens is 2. The summed E-state index contributed by atoms with van der Waals surface area (Å²) in [5, 5.41) is 4.74. The fourth-order valence-corrected chi connectivity index (χ4v) is 3.55. The van der Waals surface area contributed by atoms with E-state index in [0.29, 0.717) is 41.8 Å². The molecule has 5 nitrogen and oxygen atoms in total. The van der Waals surface area contributed by atoms with Crippen molar-refractivity contribution in [3.63, 3.8) is 0 Å². The van der Waals surface area contributed by atoms with E-state index in [9.17, 15) is 4.79 Å². The average molecular weight is 446 g/mol. The van der Waals surface area contributed by atoms with Gasteiger partial charge in [0.1, 0.15) is 0 Å². The van der Waals surface area contributed by atoms with Gasteiger partial charge in [-0.1, -0.05) is 76.9 Å². The van der Waals surface area contributed by atoms with E-state index in [2.05, 4.69) is 10.1 Å². The molecule has 0 bridgehead atoms. The van der Waals surface area contributed by atoms with Crippen molar-refractivity contribution in [1.29, 1.82) is 0 Å². The van der Waals surface area contributed by atoms with Crippen LogP contribution in [0.4, 0.5) is 0 Å². The second kappa shape index (κ2) is 9.79. The van der Waals surface area contributed by atoms with Crippen LogP contribution in [-0.4, -0.2) is 27.5 Å². The zero-order valence-corrected chi connectivity index (χ0v) is 18.8. The number of benzene rings is 3. The molecule has 6 heteroatoms. The van der Waals surface area contributed by atoms with E-state index in [1.807, 2.05) is 91.5 Å². The molecule has 0 aliphatic heterocycles. The molecule has 4 aromatic rings. The standard InChI is InChI=1S/C26H24ClN3O2/c1-18-8-11-21(12-9-18)26(31)30(17-20-6-4-3-5-7-20)15-14-24-28-25(29-32-24)22-13-10-19(2)23(27)16-22/h3-13,16H,14-15,17H2,1-2H3. The molecule has 0 radical (unpaired) electrons. The lowest BCUT2D eigenvalue weighted by Crippen LogP contribution is -2.32. The third kappa shape index (κ3) is 5.24. The van der Waals surface area contributed by atoms with Crippen LogP contribution in [0.3, 0.4) is 0 Å². The van der Waals surface area contributed by atoms with Gasteiger partial charge < -0.3 is 9.42 Å². The highest BCUT2D eigenvalue weighted by Gasteiger charge is 2.18. The maximum absolute atomic E-state index is 13.2. The van der Waals surface area contributed by atoms with Gasteiger partial charge in [-0.25, -0.2) is 0 Å². The number of halogens is 1. The van der Waals surface area contributed by atoms with Crippen LogP contribution >= 0.6 is 11.6 Å². The topological polar surface area (TPSA) is 59.2 Å². The molecule has 0 unspecified atom stereocenters. The largest absolute Gasteiger partial charge is 0.339 e. The summed E-state index contributed by atoms with van der Waals surface area (Å²) in [6, 6.07) is 23.2. The molecule has 0 N–H and O–H groups in total. The van der Waals surface area contributed by atoms with Crippen LogP contribution in [0.15, 0.2) is 77.3 Å². The zero-order chi connectivity index (χ0) is 22.5. The van der Waals surface area contributed by atoms with Gasteiger partial charge in [0.15, 0.2) is 0 Å². The van der Waals surface area contributed by atoms with Crippen molar-refractivity contribution in [1.82, 2.24) is 15.0 Å². The molecule has 0 aliphatic carbocycles. The normalized spacial score (nSPS) is 10.8. The van der Waals surface area contributed by atoms with Crippen molar-refractivity contribution in [2.75, 3.05) is 6.54 Å². The quantitative estimate of drug-likeness (QED) is 0.355. The predicted molar refractivity (Wildman–Crippen MR) is 126 cm³/mol. The van der Waals surface area contributed by atoms with E-state index in [1.54, 1.807) is 0 Å². The lowest BCUT2D eigenvalue weighted by Gasteiger charge is -2.22. The van der Waals surface area contributed by atoms with Crippen LogP contribution in [0.5, 0.6) is 0 Å². The predicted octanol–water partition coefficient (Wildman–Crippen LogP) is 5.89. The van der Waals surface area contributed by atoms with Crippen molar-refractivity contribution in [3.8, 4) is 11.4 Å². The third-order valence-corrected chi connectivity index (χ3v) is 5.70. The van der Waals surface area contributed by atoms with Crippen LogP contribution in [0, 0.1) is 13.8 Å². The Labute approximate surface area is 192 Å². The van der Waals surface area contributed by atoms with Gasteiger partial charge >= 0.3 is 0 Å². The Kier molecular flexibility index (Phi) is 6.66. The Morgan fingerprint density at radius 2 is 1.75 bits per heavy atom. The molecule has 0 atom stereocenters. The molecule has 0 fully saturated rings. The second-order valence-corrected chi connectivity index (χ2v) is 8.21.